The van der Waals surface area contributed by atoms with Crippen molar-refractivity contribution in [2.24, 2.45) is 5.92 Å². The first-order valence-corrected chi connectivity index (χ1v) is 7.12. The van der Waals surface area contributed by atoms with Gasteiger partial charge in [-0.3, -0.25) is 9.69 Å². The number of hydrogen-bond acceptors (Lipinski definition) is 3. The molecular formula is C17H21NO3. The van der Waals surface area contributed by atoms with Crippen LogP contribution in [0.5, 0.6) is 0 Å². The molecule has 1 aromatic heterocycles. The third kappa shape index (κ3) is 4.20. The van der Waals surface area contributed by atoms with E-state index in [-0.39, 0.29) is 6.04 Å². The van der Waals surface area contributed by atoms with Crippen molar-refractivity contribution in [1.29, 1.82) is 0 Å². The lowest BCUT2D eigenvalue weighted by atomic mass is 10.0. The summed E-state index contributed by atoms with van der Waals surface area (Å²) in [6, 6.07) is 14.0. The first-order valence-electron chi connectivity index (χ1n) is 7.12. The normalized spacial score (nSPS) is 14.0. The highest BCUT2D eigenvalue weighted by Crippen LogP contribution is 2.23. The van der Waals surface area contributed by atoms with E-state index < -0.39 is 11.9 Å². The smallest absolute Gasteiger partial charge is 0.307 e. The van der Waals surface area contributed by atoms with Crippen LogP contribution in [-0.4, -0.2) is 22.5 Å². The van der Waals surface area contributed by atoms with E-state index in [0.29, 0.717) is 13.1 Å². The minimum atomic E-state index is -0.778. The molecule has 2 unspecified atom stereocenters. The Balaban J connectivity index is 2.16. The zero-order valence-electron chi connectivity index (χ0n) is 12.4. The molecule has 21 heavy (non-hydrogen) atoms. The first kappa shape index (κ1) is 15.3. The van der Waals surface area contributed by atoms with Gasteiger partial charge in [-0.05, 0) is 24.6 Å². The Morgan fingerprint density at radius 1 is 1.19 bits per heavy atom. The molecule has 0 saturated carbocycles. The molecule has 0 aliphatic rings. The molecule has 0 saturated heterocycles. The molecule has 2 aromatic rings. The second-order valence-corrected chi connectivity index (χ2v) is 5.33. The van der Waals surface area contributed by atoms with Gasteiger partial charge in [0.2, 0.25) is 0 Å². The number of aliphatic carboxylic acids is 1. The Morgan fingerprint density at radius 2 is 1.90 bits per heavy atom. The molecule has 2 rings (SSSR count). The standard InChI is InChI=1S/C17H21NO3/c1-13(17(19)20)11-18(12-16-9-6-10-21-16)14(2)15-7-4-3-5-8-15/h3-10,13-14H,11-12H2,1-2H3,(H,19,20). The molecule has 0 aliphatic heterocycles. The lowest BCUT2D eigenvalue weighted by Crippen LogP contribution is -2.33. The van der Waals surface area contributed by atoms with E-state index in [2.05, 4.69) is 24.0 Å². The Labute approximate surface area is 125 Å². The van der Waals surface area contributed by atoms with Crippen molar-refractivity contribution in [2.45, 2.75) is 26.4 Å². The predicted octanol–water partition coefficient (Wildman–Crippen LogP) is 3.56. The van der Waals surface area contributed by atoms with Crippen molar-refractivity contribution in [3.8, 4) is 0 Å². The van der Waals surface area contributed by atoms with Crippen LogP contribution in [0, 0.1) is 5.92 Å². The number of hydrogen-bond donors (Lipinski definition) is 1. The molecule has 0 fully saturated rings. The number of nitrogens with zero attached hydrogens (tertiary/aromatic N) is 1. The summed E-state index contributed by atoms with van der Waals surface area (Å²) in [6.07, 6.45) is 1.64. The van der Waals surface area contributed by atoms with Crippen molar-refractivity contribution in [2.75, 3.05) is 6.54 Å². The van der Waals surface area contributed by atoms with Crippen LogP contribution in [0.1, 0.15) is 31.2 Å². The summed E-state index contributed by atoms with van der Waals surface area (Å²) in [5, 5.41) is 9.16. The Kier molecular flexibility index (Phi) is 5.17. The van der Waals surface area contributed by atoms with E-state index >= 15 is 0 Å². The maximum Gasteiger partial charge on any atom is 0.307 e. The molecule has 2 atom stereocenters. The van der Waals surface area contributed by atoms with E-state index in [1.807, 2.05) is 30.3 Å². The highest BCUT2D eigenvalue weighted by atomic mass is 16.4. The lowest BCUT2D eigenvalue weighted by molar-refractivity contribution is -0.142. The minimum Gasteiger partial charge on any atom is -0.481 e. The average Bonchev–Trinajstić information content (AvgIpc) is 2.99. The van der Waals surface area contributed by atoms with Gasteiger partial charge in [-0.1, -0.05) is 37.3 Å². The van der Waals surface area contributed by atoms with Gasteiger partial charge in [-0.15, -0.1) is 0 Å². The fourth-order valence-corrected chi connectivity index (χ4v) is 2.33. The van der Waals surface area contributed by atoms with E-state index in [1.54, 1.807) is 13.2 Å². The molecule has 4 heteroatoms. The van der Waals surface area contributed by atoms with Crippen LogP contribution in [0.15, 0.2) is 53.1 Å². The van der Waals surface area contributed by atoms with Gasteiger partial charge < -0.3 is 9.52 Å². The lowest BCUT2D eigenvalue weighted by Gasteiger charge is -2.30. The highest BCUT2D eigenvalue weighted by Gasteiger charge is 2.22. The number of rotatable bonds is 7. The predicted molar refractivity (Wildman–Crippen MR) is 80.8 cm³/mol. The third-order valence-electron chi connectivity index (χ3n) is 3.70. The molecule has 0 amide bonds. The van der Waals surface area contributed by atoms with E-state index in [9.17, 15) is 4.79 Å². The molecule has 0 aliphatic carbocycles. The van der Waals surface area contributed by atoms with Crippen LogP contribution in [-0.2, 0) is 11.3 Å². The van der Waals surface area contributed by atoms with Crippen molar-refractivity contribution in [3.63, 3.8) is 0 Å². The van der Waals surface area contributed by atoms with Crippen LogP contribution in [0.3, 0.4) is 0 Å². The first-order chi connectivity index (χ1) is 10.1. The number of carboxylic acid groups (broad SMARTS) is 1. The molecule has 112 valence electrons. The Hall–Kier alpha value is -2.07. The summed E-state index contributed by atoms with van der Waals surface area (Å²) in [4.78, 5) is 13.3. The fourth-order valence-electron chi connectivity index (χ4n) is 2.33. The number of carboxylic acids is 1. The number of carbonyl (C=O) groups is 1. The maximum absolute atomic E-state index is 11.1. The van der Waals surface area contributed by atoms with Gasteiger partial charge in [0.25, 0.3) is 0 Å². The second-order valence-electron chi connectivity index (χ2n) is 5.33. The summed E-state index contributed by atoms with van der Waals surface area (Å²) >= 11 is 0. The van der Waals surface area contributed by atoms with Crippen LogP contribution < -0.4 is 0 Å². The van der Waals surface area contributed by atoms with Crippen LogP contribution in [0.2, 0.25) is 0 Å². The van der Waals surface area contributed by atoms with Gasteiger partial charge in [0.05, 0.1) is 18.7 Å². The summed E-state index contributed by atoms with van der Waals surface area (Å²) in [7, 11) is 0. The molecule has 0 radical (unpaired) electrons. The van der Waals surface area contributed by atoms with Crippen molar-refractivity contribution >= 4 is 5.97 Å². The Bertz CT molecular complexity index is 551. The summed E-state index contributed by atoms with van der Waals surface area (Å²) in [6.45, 7) is 4.90. The molecule has 1 aromatic carbocycles. The van der Waals surface area contributed by atoms with Gasteiger partial charge in [0.15, 0.2) is 0 Å². The summed E-state index contributed by atoms with van der Waals surface area (Å²) in [5.74, 6) is -0.360. The topological polar surface area (TPSA) is 53.7 Å². The van der Waals surface area contributed by atoms with E-state index in [4.69, 9.17) is 9.52 Å². The van der Waals surface area contributed by atoms with Gasteiger partial charge in [0, 0.05) is 12.6 Å². The van der Waals surface area contributed by atoms with Gasteiger partial charge >= 0.3 is 5.97 Å². The van der Waals surface area contributed by atoms with Gasteiger partial charge in [-0.25, -0.2) is 0 Å². The highest BCUT2D eigenvalue weighted by molar-refractivity contribution is 5.69. The zero-order valence-corrected chi connectivity index (χ0v) is 12.4. The van der Waals surface area contributed by atoms with Gasteiger partial charge in [0.1, 0.15) is 5.76 Å². The number of benzene rings is 1. The Morgan fingerprint density at radius 3 is 2.48 bits per heavy atom. The van der Waals surface area contributed by atoms with Gasteiger partial charge in [-0.2, -0.15) is 0 Å². The van der Waals surface area contributed by atoms with Crippen LogP contribution in [0.25, 0.3) is 0 Å². The third-order valence-corrected chi connectivity index (χ3v) is 3.70. The van der Waals surface area contributed by atoms with Crippen molar-refractivity contribution in [1.82, 2.24) is 4.90 Å². The molecular weight excluding hydrogens is 266 g/mol. The molecule has 4 nitrogen and oxygen atoms in total. The molecule has 1 N–H and O–H groups in total. The molecule has 0 bridgehead atoms. The summed E-state index contributed by atoms with van der Waals surface area (Å²) in [5.41, 5.74) is 1.17. The van der Waals surface area contributed by atoms with Crippen molar-refractivity contribution in [3.05, 3.63) is 60.1 Å². The molecule has 1 heterocycles. The SMILES string of the molecule is CC(CN(Cc1ccco1)C(C)c1ccccc1)C(=O)O. The molecule has 0 spiro atoms. The minimum absolute atomic E-state index is 0.123. The maximum atomic E-state index is 11.1. The average molecular weight is 287 g/mol. The van der Waals surface area contributed by atoms with Crippen LogP contribution >= 0.6 is 0 Å². The number of furan rings is 1. The largest absolute Gasteiger partial charge is 0.481 e. The zero-order chi connectivity index (χ0) is 15.2. The second kappa shape index (κ2) is 7.09. The van der Waals surface area contributed by atoms with Crippen molar-refractivity contribution < 1.29 is 14.3 Å². The van der Waals surface area contributed by atoms with E-state index in [1.165, 1.54) is 5.56 Å². The summed E-state index contributed by atoms with van der Waals surface area (Å²) < 4.78 is 5.40. The van der Waals surface area contributed by atoms with E-state index in [0.717, 1.165) is 5.76 Å². The monoisotopic (exact) mass is 287 g/mol. The van der Waals surface area contributed by atoms with Crippen LogP contribution in [0.4, 0.5) is 0 Å². The fraction of sp³-hybridized carbons (Fsp3) is 0.353. The quantitative estimate of drug-likeness (QED) is 0.846.